The topological polar surface area (TPSA) is 53.6 Å². The lowest BCUT2D eigenvalue weighted by atomic mass is 10.00. The molecule has 1 fully saturated rings. The lowest BCUT2D eigenvalue weighted by molar-refractivity contribution is -0.0947. The Hall–Kier alpha value is -1.66. The van der Waals surface area contributed by atoms with Crippen molar-refractivity contribution in [3.8, 4) is 0 Å². The Morgan fingerprint density at radius 1 is 1.24 bits per heavy atom. The second kappa shape index (κ2) is 8.63. The number of urea groups is 1. The van der Waals surface area contributed by atoms with E-state index < -0.39 is 0 Å². The van der Waals surface area contributed by atoms with Crippen molar-refractivity contribution in [1.82, 2.24) is 15.5 Å². The molecule has 6 heteroatoms. The summed E-state index contributed by atoms with van der Waals surface area (Å²) in [4.78, 5) is 14.4. The number of hydrogen-bond acceptors (Lipinski definition) is 3. The van der Waals surface area contributed by atoms with E-state index in [1.165, 1.54) is 6.07 Å². The molecule has 2 atom stereocenters. The van der Waals surface area contributed by atoms with Gasteiger partial charge in [0.25, 0.3) is 0 Å². The van der Waals surface area contributed by atoms with Crippen molar-refractivity contribution in [3.05, 3.63) is 35.6 Å². The zero-order chi connectivity index (χ0) is 18.4. The number of hydrogen-bond donors (Lipinski definition) is 2. The van der Waals surface area contributed by atoms with Gasteiger partial charge in [0.05, 0.1) is 12.2 Å². The van der Waals surface area contributed by atoms with Crippen molar-refractivity contribution in [1.29, 1.82) is 0 Å². The largest absolute Gasteiger partial charge is 0.373 e. The van der Waals surface area contributed by atoms with E-state index in [1.807, 2.05) is 0 Å². The molecule has 140 valence electrons. The number of nitrogens with one attached hydrogen (secondary N) is 2. The summed E-state index contributed by atoms with van der Waals surface area (Å²) >= 11 is 0. The van der Waals surface area contributed by atoms with Crippen molar-refractivity contribution in [2.75, 3.05) is 26.2 Å². The standard InChI is InChI=1S/C19H30FN3O2/c1-14-11-23(12-15(2)25-14)19(3,4)13-22-18(24)21-10-9-16-7-5-6-8-17(16)20/h5-8,14-15H,9-13H2,1-4H3,(H2,21,22,24). The van der Waals surface area contributed by atoms with Gasteiger partial charge in [0.15, 0.2) is 0 Å². The van der Waals surface area contributed by atoms with Crippen LogP contribution in [0.2, 0.25) is 0 Å². The molecule has 1 aromatic carbocycles. The van der Waals surface area contributed by atoms with Crippen LogP contribution < -0.4 is 10.6 Å². The van der Waals surface area contributed by atoms with Gasteiger partial charge in [0, 0.05) is 31.7 Å². The Morgan fingerprint density at radius 3 is 2.52 bits per heavy atom. The normalized spacial score (nSPS) is 21.8. The minimum atomic E-state index is -0.235. The third-order valence-electron chi connectivity index (χ3n) is 4.59. The van der Waals surface area contributed by atoms with E-state index in [2.05, 4.69) is 43.2 Å². The van der Waals surface area contributed by atoms with Crippen LogP contribution in [0.25, 0.3) is 0 Å². The molecule has 2 amide bonds. The van der Waals surface area contributed by atoms with Crippen molar-refractivity contribution in [3.63, 3.8) is 0 Å². The molecule has 1 saturated heterocycles. The molecule has 1 aromatic rings. The minimum Gasteiger partial charge on any atom is -0.373 e. The van der Waals surface area contributed by atoms with E-state index in [1.54, 1.807) is 18.2 Å². The van der Waals surface area contributed by atoms with Crippen molar-refractivity contribution in [2.45, 2.75) is 51.9 Å². The zero-order valence-corrected chi connectivity index (χ0v) is 15.6. The second-order valence-corrected chi connectivity index (χ2v) is 7.43. The average molecular weight is 351 g/mol. The van der Waals surface area contributed by atoms with Gasteiger partial charge >= 0.3 is 6.03 Å². The van der Waals surface area contributed by atoms with Crippen LogP contribution in [0.3, 0.4) is 0 Å². The summed E-state index contributed by atoms with van der Waals surface area (Å²) < 4.78 is 19.3. The summed E-state index contributed by atoms with van der Waals surface area (Å²) in [5, 5.41) is 5.72. The lowest BCUT2D eigenvalue weighted by Crippen LogP contribution is -2.59. The summed E-state index contributed by atoms with van der Waals surface area (Å²) in [5.74, 6) is -0.235. The molecule has 1 aliphatic heterocycles. The molecule has 0 aliphatic carbocycles. The van der Waals surface area contributed by atoms with Crippen LogP contribution in [0.1, 0.15) is 33.3 Å². The van der Waals surface area contributed by atoms with Crippen molar-refractivity contribution < 1.29 is 13.9 Å². The van der Waals surface area contributed by atoms with E-state index in [0.29, 0.717) is 25.1 Å². The molecule has 1 heterocycles. The summed E-state index contributed by atoms with van der Waals surface area (Å²) in [6, 6.07) is 6.40. The number of halogens is 1. The van der Waals surface area contributed by atoms with Gasteiger partial charge in [-0.15, -0.1) is 0 Å². The molecule has 25 heavy (non-hydrogen) atoms. The highest BCUT2D eigenvalue weighted by molar-refractivity contribution is 5.73. The number of nitrogens with zero attached hydrogens (tertiary/aromatic N) is 1. The second-order valence-electron chi connectivity index (χ2n) is 7.43. The first-order valence-corrected chi connectivity index (χ1v) is 8.93. The van der Waals surface area contributed by atoms with Gasteiger partial charge in [-0.25, -0.2) is 9.18 Å². The molecule has 0 aromatic heterocycles. The fourth-order valence-electron chi connectivity index (χ4n) is 3.15. The monoisotopic (exact) mass is 351 g/mol. The Bertz CT molecular complexity index is 570. The van der Waals surface area contributed by atoms with Crippen molar-refractivity contribution >= 4 is 6.03 Å². The summed E-state index contributed by atoms with van der Waals surface area (Å²) in [7, 11) is 0. The third kappa shape index (κ3) is 5.97. The number of morpholine rings is 1. The Balaban J connectivity index is 1.74. The van der Waals surface area contributed by atoms with E-state index in [-0.39, 0.29) is 29.6 Å². The first-order valence-electron chi connectivity index (χ1n) is 8.93. The van der Waals surface area contributed by atoms with Gasteiger partial charge in [0.2, 0.25) is 0 Å². The SMILES string of the molecule is CC1CN(C(C)(C)CNC(=O)NCCc2ccccc2F)CC(C)O1. The van der Waals surface area contributed by atoms with E-state index in [0.717, 1.165) is 13.1 Å². The number of carbonyl (C=O) groups excluding carboxylic acids is 1. The van der Waals surface area contributed by atoms with Gasteiger partial charge in [-0.2, -0.15) is 0 Å². The number of benzene rings is 1. The maximum atomic E-state index is 13.5. The van der Waals surface area contributed by atoms with Gasteiger partial charge in [-0.3, -0.25) is 4.90 Å². The molecule has 0 saturated carbocycles. The van der Waals surface area contributed by atoms with Crippen LogP contribution in [-0.2, 0) is 11.2 Å². The third-order valence-corrected chi connectivity index (χ3v) is 4.59. The molecule has 1 aliphatic rings. The van der Waals surface area contributed by atoms with Crippen LogP contribution >= 0.6 is 0 Å². The predicted octanol–water partition coefficient (Wildman–Crippen LogP) is 2.56. The first kappa shape index (κ1) is 19.7. The Kier molecular flexibility index (Phi) is 6.79. The Labute approximate surface area is 149 Å². The fraction of sp³-hybridized carbons (Fsp3) is 0.632. The van der Waals surface area contributed by atoms with Gasteiger partial charge in [-0.1, -0.05) is 18.2 Å². The smallest absolute Gasteiger partial charge is 0.314 e. The maximum absolute atomic E-state index is 13.5. The lowest BCUT2D eigenvalue weighted by Gasteiger charge is -2.45. The van der Waals surface area contributed by atoms with E-state index in [4.69, 9.17) is 4.74 Å². The average Bonchev–Trinajstić information content (AvgIpc) is 2.54. The zero-order valence-electron chi connectivity index (χ0n) is 15.6. The first-order chi connectivity index (χ1) is 11.8. The molecule has 5 nitrogen and oxygen atoms in total. The molecule has 0 radical (unpaired) electrons. The number of rotatable bonds is 6. The highest BCUT2D eigenvalue weighted by Gasteiger charge is 2.33. The summed E-state index contributed by atoms with van der Waals surface area (Å²) in [6.07, 6.45) is 0.859. The molecule has 2 rings (SSSR count). The van der Waals surface area contributed by atoms with Crippen molar-refractivity contribution in [2.24, 2.45) is 0 Å². The maximum Gasteiger partial charge on any atom is 0.314 e. The number of amides is 2. The predicted molar refractivity (Wildman–Crippen MR) is 97.2 cm³/mol. The summed E-state index contributed by atoms with van der Waals surface area (Å²) in [6.45, 7) is 11.0. The minimum absolute atomic E-state index is 0.158. The highest BCUT2D eigenvalue weighted by atomic mass is 19.1. The molecule has 0 bridgehead atoms. The van der Waals surface area contributed by atoms with E-state index >= 15 is 0 Å². The highest BCUT2D eigenvalue weighted by Crippen LogP contribution is 2.20. The van der Waals surface area contributed by atoms with E-state index in [9.17, 15) is 9.18 Å². The van der Waals surface area contributed by atoms with Gasteiger partial charge in [-0.05, 0) is 45.7 Å². The molecule has 2 unspecified atom stereocenters. The molecular formula is C19H30FN3O2. The Morgan fingerprint density at radius 2 is 1.88 bits per heavy atom. The van der Waals surface area contributed by atoms with Gasteiger partial charge in [0.1, 0.15) is 5.82 Å². The quantitative estimate of drug-likeness (QED) is 0.828. The summed E-state index contributed by atoms with van der Waals surface area (Å²) in [5.41, 5.74) is 0.453. The number of ether oxygens (including phenoxy) is 1. The van der Waals surface area contributed by atoms with Crippen LogP contribution in [0.5, 0.6) is 0 Å². The molecule has 2 N–H and O–H groups in total. The van der Waals surface area contributed by atoms with Crippen LogP contribution in [0.4, 0.5) is 9.18 Å². The fourth-order valence-corrected chi connectivity index (χ4v) is 3.15. The van der Waals surface area contributed by atoms with Crippen LogP contribution in [0, 0.1) is 5.82 Å². The van der Waals surface area contributed by atoms with Crippen LogP contribution in [-0.4, -0.2) is 54.9 Å². The molecular weight excluding hydrogens is 321 g/mol. The molecule has 0 spiro atoms. The number of carbonyl (C=O) groups is 1. The van der Waals surface area contributed by atoms with Crippen LogP contribution in [0.15, 0.2) is 24.3 Å². The van der Waals surface area contributed by atoms with Gasteiger partial charge < -0.3 is 15.4 Å².